The summed E-state index contributed by atoms with van der Waals surface area (Å²) in [5.74, 6) is -1.24. The number of nitrogens with zero attached hydrogens (tertiary/aromatic N) is 3. The Morgan fingerprint density at radius 2 is 2.29 bits per heavy atom. The van der Waals surface area contributed by atoms with Gasteiger partial charge in [0.1, 0.15) is 9.76 Å². The zero-order chi connectivity index (χ0) is 17.6. The Balaban J connectivity index is 1.95. The van der Waals surface area contributed by atoms with Gasteiger partial charge in [0.2, 0.25) is 5.91 Å². The Bertz CT molecular complexity index is 824. The molecule has 0 aliphatic carbocycles. The van der Waals surface area contributed by atoms with Gasteiger partial charge in [-0.15, -0.1) is 11.3 Å². The Hall–Kier alpha value is -1.03. The van der Waals surface area contributed by atoms with E-state index < -0.39 is 11.0 Å². The van der Waals surface area contributed by atoms with Gasteiger partial charge in [0.05, 0.1) is 16.6 Å². The molecule has 0 aromatic carbocycles. The van der Waals surface area contributed by atoms with Crippen molar-refractivity contribution in [1.29, 1.82) is 0 Å². The van der Waals surface area contributed by atoms with Gasteiger partial charge >= 0.3 is 0 Å². The van der Waals surface area contributed by atoms with Gasteiger partial charge in [-0.25, -0.2) is 0 Å². The van der Waals surface area contributed by atoms with Crippen LogP contribution in [0.25, 0.3) is 0 Å². The van der Waals surface area contributed by atoms with Gasteiger partial charge in [0.25, 0.3) is 0 Å². The smallest absolute Gasteiger partial charge is 0.235 e. The third-order valence-electron chi connectivity index (χ3n) is 4.01. The van der Waals surface area contributed by atoms with Crippen LogP contribution in [0.5, 0.6) is 0 Å². The molecule has 0 unspecified atom stereocenters. The maximum absolute atomic E-state index is 13.6. The number of aromatic nitrogens is 2. The molecule has 0 radical (unpaired) electrons. The van der Waals surface area contributed by atoms with E-state index in [1.54, 1.807) is 12.4 Å². The molecule has 2 atom stereocenters. The highest BCUT2D eigenvalue weighted by atomic mass is 79.9. The van der Waals surface area contributed by atoms with Gasteiger partial charge in [-0.3, -0.25) is 9.48 Å². The lowest BCUT2D eigenvalue weighted by Gasteiger charge is -2.17. The molecule has 0 spiro atoms. The number of aryl methyl sites for hydroxylation is 1. The molecule has 5 nitrogen and oxygen atoms in total. The van der Waals surface area contributed by atoms with E-state index in [0.29, 0.717) is 21.3 Å². The highest BCUT2D eigenvalue weighted by molar-refractivity contribution is 9.10. The number of hydrogen-bond donors (Lipinski definition) is 1. The van der Waals surface area contributed by atoms with Gasteiger partial charge < -0.3 is 10.2 Å². The Morgan fingerprint density at radius 1 is 1.58 bits per heavy atom. The fraction of sp³-hybridized carbons (Fsp3) is 0.357. The number of likely N-dealkylation sites (N-methyl/N-ethyl adjacent to an activating group) is 1. The monoisotopic (exact) mass is 450 g/mol. The first-order valence-electron chi connectivity index (χ1n) is 6.98. The molecular formula is C14H13BrClFN4OS2. The Labute approximate surface area is 160 Å². The van der Waals surface area contributed by atoms with Crippen LogP contribution in [0, 0.1) is 11.0 Å². The number of thiophene rings is 1. The van der Waals surface area contributed by atoms with Crippen molar-refractivity contribution in [3.8, 4) is 0 Å². The summed E-state index contributed by atoms with van der Waals surface area (Å²) in [6, 6.07) is 1.53. The molecule has 1 aliphatic heterocycles. The Kier molecular flexibility index (Phi) is 4.96. The third-order valence-corrected chi connectivity index (χ3v) is 6.31. The quantitative estimate of drug-likeness (QED) is 0.724. The van der Waals surface area contributed by atoms with E-state index in [-0.39, 0.29) is 17.5 Å². The third kappa shape index (κ3) is 2.98. The van der Waals surface area contributed by atoms with Crippen LogP contribution in [0.2, 0.25) is 5.15 Å². The minimum Gasteiger partial charge on any atom is -0.368 e. The zero-order valence-electron chi connectivity index (χ0n) is 12.7. The standard InChI is InChI=1S/C14H13BrClFN4OS2/c1-20-5-6(8-10(15)19-21(2)11(8)16)9(14(20)23)13(22)18-7-3-4-24-12(7)17/h3-4,6,9H,5H2,1-2H3,(H,18,22)/t6-,9+/m1/s1. The minimum atomic E-state index is -0.623. The maximum atomic E-state index is 13.6. The van der Waals surface area contributed by atoms with Crippen molar-refractivity contribution in [1.82, 2.24) is 14.7 Å². The topological polar surface area (TPSA) is 50.2 Å². The SMILES string of the molecule is CN1C[C@H](c2c(Br)nn(C)c2Cl)[C@@H](C(=O)Nc2ccsc2F)C1=S. The van der Waals surface area contributed by atoms with Crippen LogP contribution in [-0.2, 0) is 11.8 Å². The molecule has 1 fully saturated rings. The molecule has 0 saturated carbocycles. The van der Waals surface area contributed by atoms with E-state index in [4.69, 9.17) is 23.8 Å². The van der Waals surface area contributed by atoms with Crippen LogP contribution in [0.15, 0.2) is 16.0 Å². The van der Waals surface area contributed by atoms with Crippen molar-refractivity contribution < 1.29 is 9.18 Å². The molecule has 3 rings (SSSR count). The summed E-state index contributed by atoms with van der Waals surface area (Å²) in [6.07, 6.45) is 0. The number of rotatable bonds is 3. The van der Waals surface area contributed by atoms with Gasteiger partial charge in [-0.1, -0.05) is 23.8 Å². The van der Waals surface area contributed by atoms with Crippen LogP contribution >= 0.6 is 51.1 Å². The normalized spacial score (nSPS) is 20.7. The first kappa shape index (κ1) is 17.8. The number of hydrogen-bond acceptors (Lipinski definition) is 4. The second-order valence-corrected chi connectivity index (χ2v) is 7.91. The van der Waals surface area contributed by atoms with E-state index in [0.717, 1.165) is 16.9 Å². The second-order valence-electron chi connectivity index (χ2n) is 5.52. The van der Waals surface area contributed by atoms with Crippen molar-refractivity contribution in [2.75, 3.05) is 18.9 Å². The van der Waals surface area contributed by atoms with Gasteiger partial charge in [0, 0.05) is 32.1 Å². The summed E-state index contributed by atoms with van der Waals surface area (Å²) < 4.78 is 15.8. The number of carbonyl (C=O) groups is 1. The number of amides is 1. The number of anilines is 1. The first-order chi connectivity index (χ1) is 11.3. The van der Waals surface area contributed by atoms with Crippen LogP contribution in [-0.4, -0.2) is 39.2 Å². The molecule has 1 N–H and O–H groups in total. The number of nitrogens with one attached hydrogen (secondary N) is 1. The lowest BCUT2D eigenvalue weighted by Crippen LogP contribution is -2.31. The van der Waals surface area contributed by atoms with E-state index in [9.17, 15) is 9.18 Å². The summed E-state index contributed by atoms with van der Waals surface area (Å²) in [4.78, 5) is 15.1. The molecule has 24 heavy (non-hydrogen) atoms. The molecule has 2 aromatic heterocycles. The van der Waals surface area contributed by atoms with Crippen LogP contribution < -0.4 is 5.32 Å². The molecule has 3 heterocycles. The molecule has 2 aromatic rings. The maximum Gasteiger partial charge on any atom is 0.235 e. The summed E-state index contributed by atoms with van der Waals surface area (Å²) in [5, 5.41) is 8.46. The summed E-state index contributed by atoms with van der Waals surface area (Å²) in [7, 11) is 3.55. The van der Waals surface area contributed by atoms with Crippen LogP contribution in [0.4, 0.5) is 10.1 Å². The molecule has 1 saturated heterocycles. The molecule has 1 amide bonds. The van der Waals surface area contributed by atoms with Crippen LogP contribution in [0.1, 0.15) is 11.5 Å². The van der Waals surface area contributed by atoms with E-state index in [2.05, 4.69) is 26.3 Å². The molecule has 1 aliphatic rings. The minimum absolute atomic E-state index is 0.164. The number of likely N-dealkylation sites (tertiary alicyclic amines) is 1. The molecule has 0 bridgehead atoms. The largest absolute Gasteiger partial charge is 0.368 e. The summed E-state index contributed by atoms with van der Waals surface area (Å²) in [5.41, 5.74) is 0.897. The van der Waals surface area contributed by atoms with Crippen molar-refractivity contribution in [2.45, 2.75) is 5.92 Å². The second kappa shape index (κ2) is 6.70. The average molecular weight is 452 g/mol. The molecule has 128 valence electrons. The van der Waals surface area contributed by atoms with Crippen molar-refractivity contribution in [2.24, 2.45) is 13.0 Å². The summed E-state index contributed by atoms with van der Waals surface area (Å²) in [6.45, 7) is 0.535. The average Bonchev–Trinajstić information content (AvgIpc) is 3.11. The fourth-order valence-corrected chi connectivity index (χ4v) is 4.86. The van der Waals surface area contributed by atoms with Gasteiger partial charge in [0.15, 0.2) is 5.13 Å². The number of thiocarbonyl (C=S) groups is 1. The van der Waals surface area contributed by atoms with E-state index in [1.165, 1.54) is 10.7 Å². The first-order valence-corrected chi connectivity index (χ1v) is 9.43. The van der Waals surface area contributed by atoms with E-state index in [1.807, 2.05) is 11.9 Å². The molecular weight excluding hydrogens is 439 g/mol. The van der Waals surface area contributed by atoms with Crippen molar-refractivity contribution >= 4 is 67.7 Å². The highest BCUT2D eigenvalue weighted by Crippen LogP contribution is 2.41. The lowest BCUT2D eigenvalue weighted by atomic mass is 9.90. The Morgan fingerprint density at radius 3 is 2.83 bits per heavy atom. The van der Waals surface area contributed by atoms with E-state index >= 15 is 0 Å². The highest BCUT2D eigenvalue weighted by Gasteiger charge is 2.44. The van der Waals surface area contributed by atoms with Crippen molar-refractivity contribution in [3.63, 3.8) is 0 Å². The molecule has 10 heteroatoms. The number of halogens is 3. The predicted molar refractivity (Wildman–Crippen MR) is 100 cm³/mol. The fourth-order valence-electron chi connectivity index (χ4n) is 2.84. The van der Waals surface area contributed by atoms with Gasteiger partial charge in [-0.2, -0.15) is 9.49 Å². The zero-order valence-corrected chi connectivity index (χ0v) is 16.7. The predicted octanol–water partition coefficient (Wildman–Crippen LogP) is 3.65. The van der Waals surface area contributed by atoms with Crippen molar-refractivity contribution in [3.05, 3.63) is 31.9 Å². The number of carbonyl (C=O) groups excluding carboxylic acids is 1. The summed E-state index contributed by atoms with van der Waals surface area (Å²) >= 11 is 16.1. The van der Waals surface area contributed by atoms with Gasteiger partial charge in [-0.05, 0) is 27.4 Å². The van der Waals surface area contributed by atoms with Crippen LogP contribution in [0.3, 0.4) is 0 Å². The lowest BCUT2D eigenvalue weighted by molar-refractivity contribution is -0.118.